The number of hydrogen-bond donors (Lipinski definition) is 1. The van der Waals surface area contributed by atoms with Crippen LogP contribution in [0.4, 0.5) is 5.69 Å². The Morgan fingerprint density at radius 3 is 2.47 bits per heavy atom. The minimum atomic E-state index is -0.140. The first kappa shape index (κ1) is 22.9. The Kier molecular flexibility index (Phi) is 7.87. The first-order chi connectivity index (χ1) is 15.6. The average molecular weight is 453 g/mol. The molecule has 1 saturated heterocycles. The van der Waals surface area contributed by atoms with Crippen molar-refractivity contribution in [3.8, 4) is 0 Å². The van der Waals surface area contributed by atoms with Gasteiger partial charge >= 0.3 is 0 Å². The van der Waals surface area contributed by atoms with Gasteiger partial charge in [-0.2, -0.15) is 0 Å². The van der Waals surface area contributed by atoms with Crippen LogP contribution in [0, 0.1) is 0 Å². The van der Waals surface area contributed by atoms with Crippen molar-refractivity contribution in [2.24, 2.45) is 0 Å². The molecule has 0 bridgehead atoms. The number of amides is 2. The molecule has 0 spiro atoms. The van der Waals surface area contributed by atoms with Crippen molar-refractivity contribution in [2.75, 3.05) is 24.7 Å². The first-order valence-electron chi connectivity index (χ1n) is 11.6. The summed E-state index contributed by atoms with van der Waals surface area (Å²) in [7, 11) is 1.90. The predicted octanol–water partition coefficient (Wildman–Crippen LogP) is 5.61. The van der Waals surface area contributed by atoms with Gasteiger partial charge in [0.05, 0.1) is 11.7 Å². The molecule has 1 saturated carbocycles. The van der Waals surface area contributed by atoms with E-state index in [1.54, 1.807) is 23.9 Å². The van der Waals surface area contributed by atoms with Gasteiger partial charge in [-0.3, -0.25) is 9.59 Å². The maximum atomic E-state index is 12.9. The van der Waals surface area contributed by atoms with Gasteiger partial charge in [-0.1, -0.05) is 31.4 Å². The van der Waals surface area contributed by atoms with E-state index in [1.165, 1.54) is 19.3 Å². The number of anilines is 1. The molecule has 1 aliphatic carbocycles. The number of thioether (sulfide) groups is 1. The van der Waals surface area contributed by atoms with Crippen molar-refractivity contribution in [3.63, 3.8) is 0 Å². The molecule has 2 aromatic carbocycles. The van der Waals surface area contributed by atoms with Crippen molar-refractivity contribution < 1.29 is 14.3 Å². The molecular formula is C26H32N2O3S. The van der Waals surface area contributed by atoms with Crippen LogP contribution in [-0.2, 0) is 4.74 Å². The summed E-state index contributed by atoms with van der Waals surface area (Å²) < 4.78 is 5.70. The fraction of sp³-hybridized carbons (Fsp3) is 0.462. The summed E-state index contributed by atoms with van der Waals surface area (Å²) in [4.78, 5) is 28.6. The average Bonchev–Trinajstić information content (AvgIpc) is 3.37. The Hall–Kier alpha value is -2.31. The van der Waals surface area contributed by atoms with Gasteiger partial charge < -0.3 is 15.0 Å². The summed E-state index contributed by atoms with van der Waals surface area (Å²) in [6.45, 7) is 0.836. The zero-order valence-electron chi connectivity index (χ0n) is 18.7. The van der Waals surface area contributed by atoms with Gasteiger partial charge in [0, 0.05) is 41.6 Å². The predicted molar refractivity (Wildman–Crippen MR) is 130 cm³/mol. The molecule has 1 heterocycles. The standard InChI is InChI=1S/C26H32N2O3S/c1-28(21-8-3-2-4-9-21)26(30)19-13-15-20(16-14-19)27-25(29)23-11-5-6-12-24(23)32-18-22-10-7-17-31-22/h5-6,11-16,21-22H,2-4,7-10,17-18H2,1H3,(H,27,29). The van der Waals surface area contributed by atoms with E-state index in [1.807, 2.05) is 48.3 Å². The third kappa shape index (κ3) is 5.73. The lowest BCUT2D eigenvalue weighted by Gasteiger charge is -2.31. The van der Waals surface area contributed by atoms with Crippen LogP contribution in [-0.4, -0.2) is 48.3 Å². The second-order valence-corrected chi connectivity index (χ2v) is 9.74. The minimum Gasteiger partial charge on any atom is -0.377 e. The van der Waals surface area contributed by atoms with Gasteiger partial charge in [0.25, 0.3) is 11.8 Å². The highest BCUT2D eigenvalue weighted by Crippen LogP contribution is 2.28. The maximum absolute atomic E-state index is 12.9. The Balaban J connectivity index is 1.37. The lowest BCUT2D eigenvalue weighted by Crippen LogP contribution is -2.38. The molecule has 170 valence electrons. The second-order valence-electron chi connectivity index (χ2n) is 8.68. The summed E-state index contributed by atoms with van der Waals surface area (Å²) in [5, 5.41) is 2.98. The number of carbonyl (C=O) groups is 2. The van der Waals surface area contributed by atoms with Crippen LogP contribution in [0.25, 0.3) is 0 Å². The maximum Gasteiger partial charge on any atom is 0.256 e. The van der Waals surface area contributed by atoms with E-state index in [9.17, 15) is 9.59 Å². The van der Waals surface area contributed by atoms with Gasteiger partial charge in [-0.05, 0) is 62.1 Å². The summed E-state index contributed by atoms with van der Waals surface area (Å²) in [5.74, 6) is 0.764. The van der Waals surface area contributed by atoms with Gasteiger partial charge in [0.1, 0.15) is 0 Å². The molecule has 1 unspecified atom stereocenters. The highest BCUT2D eigenvalue weighted by molar-refractivity contribution is 7.99. The molecule has 0 aromatic heterocycles. The quantitative estimate of drug-likeness (QED) is 0.555. The molecule has 2 fully saturated rings. The van der Waals surface area contributed by atoms with Crippen LogP contribution in [0.15, 0.2) is 53.4 Å². The summed E-state index contributed by atoms with van der Waals surface area (Å²) in [6, 6.07) is 15.2. The summed E-state index contributed by atoms with van der Waals surface area (Å²) >= 11 is 1.67. The van der Waals surface area contributed by atoms with Crippen molar-refractivity contribution in [1.29, 1.82) is 0 Å². The van der Waals surface area contributed by atoms with E-state index in [0.29, 0.717) is 22.9 Å². The molecule has 2 aromatic rings. The molecule has 1 aliphatic heterocycles. The van der Waals surface area contributed by atoms with E-state index in [2.05, 4.69) is 5.32 Å². The fourth-order valence-corrected chi connectivity index (χ4v) is 5.59. The molecule has 6 heteroatoms. The topological polar surface area (TPSA) is 58.6 Å². The third-order valence-corrected chi connectivity index (χ3v) is 7.62. The van der Waals surface area contributed by atoms with E-state index in [0.717, 1.165) is 42.9 Å². The number of benzene rings is 2. The van der Waals surface area contributed by atoms with E-state index < -0.39 is 0 Å². The Morgan fingerprint density at radius 2 is 1.75 bits per heavy atom. The molecule has 5 nitrogen and oxygen atoms in total. The Morgan fingerprint density at radius 1 is 1.00 bits per heavy atom. The molecule has 1 atom stereocenters. The number of nitrogens with one attached hydrogen (secondary N) is 1. The number of ether oxygens (including phenoxy) is 1. The van der Waals surface area contributed by atoms with Gasteiger partial charge in [0.15, 0.2) is 0 Å². The first-order valence-corrected chi connectivity index (χ1v) is 12.6. The monoisotopic (exact) mass is 452 g/mol. The van der Waals surface area contributed by atoms with Crippen LogP contribution in [0.3, 0.4) is 0 Å². The van der Waals surface area contributed by atoms with Gasteiger partial charge in [-0.25, -0.2) is 0 Å². The SMILES string of the molecule is CN(C(=O)c1ccc(NC(=O)c2ccccc2SCC2CCCO2)cc1)C1CCCCC1. The Bertz CT molecular complexity index is 919. The van der Waals surface area contributed by atoms with Crippen LogP contribution in [0.2, 0.25) is 0 Å². The van der Waals surface area contributed by atoms with E-state index in [4.69, 9.17) is 4.74 Å². The minimum absolute atomic E-state index is 0.0469. The molecule has 1 N–H and O–H groups in total. The van der Waals surface area contributed by atoms with Crippen LogP contribution >= 0.6 is 11.8 Å². The fourth-order valence-electron chi connectivity index (χ4n) is 4.47. The largest absolute Gasteiger partial charge is 0.377 e. The number of rotatable bonds is 7. The van der Waals surface area contributed by atoms with Crippen molar-refractivity contribution in [3.05, 3.63) is 59.7 Å². The zero-order chi connectivity index (χ0) is 22.3. The van der Waals surface area contributed by atoms with E-state index in [-0.39, 0.29) is 17.9 Å². The van der Waals surface area contributed by atoms with Crippen molar-refractivity contribution >= 4 is 29.3 Å². The smallest absolute Gasteiger partial charge is 0.256 e. The molecule has 2 aliphatic rings. The van der Waals surface area contributed by atoms with Crippen LogP contribution in [0.5, 0.6) is 0 Å². The van der Waals surface area contributed by atoms with Crippen LogP contribution < -0.4 is 5.32 Å². The summed E-state index contributed by atoms with van der Waals surface area (Å²) in [5.41, 5.74) is 2.00. The number of hydrogen-bond acceptors (Lipinski definition) is 4. The Labute approximate surface area is 194 Å². The zero-order valence-corrected chi connectivity index (χ0v) is 19.5. The molecule has 4 rings (SSSR count). The van der Waals surface area contributed by atoms with Crippen molar-refractivity contribution in [1.82, 2.24) is 4.90 Å². The molecule has 2 amide bonds. The van der Waals surface area contributed by atoms with Gasteiger partial charge in [0.2, 0.25) is 0 Å². The van der Waals surface area contributed by atoms with Gasteiger partial charge in [-0.15, -0.1) is 11.8 Å². The highest BCUT2D eigenvalue weighted by Gasteiger charge is 2.23. The second kappa shape index (κ2) is 11.0. The molecule has 0 radical (unpaired) electrons. The molecule has 32 heavy (non-hydrogen) atoms. The number of carbonyl (C=O) groups excluding carboxylic acids is 2. The van der Waals surface area contributed by atoms with Crippen LogP contribution in [0.1, 0.15) is 65.7 Å². The summed E-state index contributed by atoms with van der Waals surface area (Å²) in [6.07, 6.45) is 8.30. The molecular weight excluding hydrogens is 420 g/mol. The highest BCUT2D eigenvalue weighted by atomic mass is 32.2. The third-order valence-electron chi connectivity index (χ3n) is 6.41. The lowest BCUT2D eigenvalue weighted by molar-refractivity contribution is 0.0696. The van der Waals surface area contributed by atoms with E-state index >= 15 is 0 Å². The number of nitrogens with zero attached hydrogens (tertiary/aromatic N) is 1. The lowest BCUT2D eigenvalue weighted by atomic mass is 9.94. The van der Waals surface area contributed by atoms with Crippen molar-refractivity contribution in [2.45, 2.75) is 62.0 Å². The normalized spacial score (nSPS) is 19.0.